The van der Waals surface area contributed by atoms with Gasteiger partial charge in [-0.05, 0) is 39.8 Å². The van der Waals surface area contributed by atoms with E-state index in [9.17, 15) is 9.90 Å². The van der Waals surface area contributed by atoms with Gasteiger partial charge in [-0.1, -0.05) is 11.6 Å². The molecule has 0 atom stereocenters. The number of rotatable bonds is 5. The summed E-state index contributed by atoms with van der Waals surface area (Å²) in [6.07, 6.45) is 0. The predicted octanol–water partition coefficient (Wildman–Crippen LogP) is 2.25. The Kier molecular flexibility index (Phi) is 4.73. The van der Waals surface area contributed by atoms with Gasteiger partial charge in [0, 0.05) is 13.2 Å². The van der Waals surface area contributed by atoms with Gasteiger partial charge in [-0.25, -0.2) is 0 Å². The fourth-order valence-corrected chi connectivity index (χ4v) is 1.66. The van der Waals surface area contributed by atoms with Crippen LogP contribution in [0.15, 0.2) is 18.2 Å². The molecule has 4 nitrogen and oxygen atoms in total. The molecule has 2 N–H and O–H groups in total. The molecule has 4 heteroatoms. The van der Waals surface area contributed by atoms with Crippen molar-refractivity contribution in [2.45, 2.75) is 33.3 Å². The Hall–Kier alpha value is -1.55. The molecule has 0 heterocycles. The normalized spacial score (nSPS) is 11.3. The van der Waals surface area contributed by atoms with E-state index in [0.29, 0.717) is 18.7 Å². The molecule has 0 unspecified atom stereocenters. The van der Waals surface area contributed by atoms with Crippen molar-refractivity contribution in [1.29, 1.82) is 0 Å². The molecule has 0 saturated heterocycles. The van der Waals surface area contributed by atoms with Crippen LogP contribution in [0, 0.1) is 6.92 Å². The molecule has 1 amide bonds. The topological polar surface area (TPSA) is 58.6 Å². The van der Waals surface area contributed by atoms with Crippen molar-refractivity contribution in [3.05, 3.63) is 29.3 Å². The van der Waals surface area contributed by atoms with E-state index in [2.05, 4.69) is 5.32 Å². The minimum Gasteiger partial charge on any atom is -0.507 e. The van der Waals surface area contributed by atoms with Crippen LogP contribution in [0.1, 0.15) is 36.7 Å². The molecular weight excluding hydrogens is 230 g/mol. The average molecular weight is 251 g/mol. The third-order valence-corrected chi connectivity index (χ3v) is 2.61. The average Bonchev–Trinajstić information content (AvgIpc) is 2.29. The van der Waals surface area contributed by atoms with E-state index in [1.807, 2.05) is 27.7 Å². The summed E-state index contributed by atoms with van der Waals surface area (Å²) >= 11 is 0. The van der Waals surface area contributed by atoms with Crippen molar-refractivity contribution in [1.82, 2.24) is 5.32 Å². The van der Waals surface area contributed by atoms with E-state index in [0.717, 1.165) is 5.56 Å². The largest absolute Gasteiger partial charge is 0.507 e. The Morgan fingerprint density at radius 1 is 1.44 bits per heavy atom. The smallest absolute Gasteiger partial charge is 0.255 e. The van der Waals surface area contributed by atoms with Crippen LogP contribution in [0.5, 0.6) is 5.75 Å². The lowest BCUT2D eigenvalue weighted by Crippen LogP contribution is -2.40. The van der Waals surface area contributed by atoms with Gasteiger partial charge in [0.15, 0.2) is 0 Å². The first kappa shape index (κ1) is 14.5. The van der Waals surface area contributed by atoms with Crippen LogP contribution in [-0.4, -0.2) is 29.8 Å². The van der Waals surface area contributed by atoms with E-state index < -0.39 is 5.60 Å². The van der Waals surface area contributed by atoms with E-state index in [-0.39, 0.29) is 11.7 Å². The van der Waals surface area contributed by atoms with Gasteiger partial charge in [0.2, 0.25) is 0 Å². The second kappa shape index (κ2) is 5.87. The lowest BCUT2D eigenvalue weighted by molar-refractivity contribution is -0.00817. The molecule has 0 saturated carbocycles. The molecule has 0 aliphatic rings. The van der Waals surface area contributed by atoms with Gasteiger partial charge in [-0.15, -0.1) is 0 Å². The zero-order valence-electron chi connectivity index (χ0n) is 11.4. The molecule has 0 bridgehead atoms. The number of carbonyl (C=O) groups is 1. The highest BCUT2D eigenvalue weighted by Gasteiger charge is 2.20. The SMILES string of the molecule is CCOC(C)(C)CNC(=O)c1cc(C)ccc1O. The maximum absolute atomic E-state index is 11.9. The second-order valence-corrected chi connectivity index (χ2v) is 4.90. The molecule has 1 aromatic carbocycles. The number of aromatic hydroxyl groups is 1. The zero-order valence-corrected chi connectivity index (χ0v) is 11.4. The molecule has 100 valence electrons. The maximum atomic E-state index is 11.9. The third-order valence-electron chi connectivity index (χ3n) is 2.61. The summed E-state index contributed by atoms with van der Waals surface area (Å²) in [6, 6.07) is 4.95. The standard InChI is InChI=1S/C14H21NO3/c1-5-18-14(3,4)9-15-13(17)11-8-10(2)6-7-12(11)16/h6-8,16H,5,9H2,1-4H3,(H,15,17). The first-order valence-electron chi connectivity index (χ1n) is 6.07. The lowest BCUT2D eigenvalue weighted by atomic mass is 10.1. The molecule has 0 aliphatic heterocycles. The number of phenolic OH excluding ortho intramolecular Hbond substituents is 1. The summed E-state index contributed by atoms with van der Waals surface area (Å²) in [5.41, 5.74) is 0.813. The predicted molar refractivity (Wildman–Crippen MR) is 70.9 cm³/mol. The Bertz CT molecular complexity index is 427. The number of amides is 1. The molecule has 0 radical (unpaired) electrons. The zero-order chi connectivity index (χ0) is 13.8. The summed E-state index contributed by atoms with van der Waals surface area (Å²) in [6.45, 7) is 8.60. The third kappa shape index (κ3) is 4.04. The van der Waals surface area contributed by atoms with Crippen LogP contribution in [0.4, 0.5) is 0 Å². The minimum absolute atomic E-state index is 0.00711. The Morgan fingerprint density at radius 3 is 2.72 bits per heavy atom. The molecule has 0 spiro atoms. The van der Waals surface area contributed by atoms with Crippen LogP contribution in [0.2, 0.25) is 0 Å². The van der Waals surface area contributed by atoms with Crippen molar-refractivity contribution in [3.63, 3.8) is 0 Å². The summed E-state index contributed by atoms with van der Waals surface area (Å²) in [4.78, 5) is 11.9. The van der Waals surface area contributed by atoms with Crippen molar-refractivity contribution in [2.75, 3.05) is 13.2 Å². The van der Waals surface area contributed by atoms with Crippen molar-refractivity contribution < 1.29 is 14.6 Å². The van der Waals surface area contributed by atoms with E-state index in [4.69, 9.17) is 4.74 Å². The molecule has 0 fully saturated rings. The Balaban J connectivity index is 2.69. The summed E-state index contributed by atoms with van der Waals surface area (Å²) in [5, 5.41) is 12.4. The van der Waals surface area contributed by atoms with Crippen LogP contribution >= 0.6 is 0 Å². The monoisotopic (exact) mass is 251 g/mol. The minimum atomic E-state index is -0.413. The Labute approximate surface area is 108 Å². The summed E-state index contributed by atoms with van der Waals surface area (Å²) in [5.74, 6) is -0.295. The Morgan fingerprint density at radius 2 is 2.11 bits per heavy atom. The van der Waals surface area contributed by atoms with Gasteiger partial charge in [-0.3, -0.25) is 4.79 Å². The number of hydrogen-bond acceptors (Lipinski definition) is 3. The first-order valence-corrected chi connectivity index (χ1v) is 6.07. The quantitative estimate of drug-likeness (QED) is 0.843. The van der Waals surface area contributed by atoms with E-state index in [1.165, 1.54) is 6.07 Å². The number of aryl methyl sites for hydroxylation is 1. The summed E-state index contributed by atoms with van der Waals surface area (Å²) in [7, 11) is 0. The van der Waals surface area contributed by atoms with E-state index >= 15 is 0 Å². The summed E-state index contributed by atoms with van der Waals surface area (Å²) < 4.78 is 5.49. The highest BCUT2D eigenvalue weighted by atomic mass is 16.5. The van der Waals surface area contributed by atoms with Gasteiger partial charge in [0.05, 0.1) is 11.2 Å². The fraction of sp³-hybridized carbons (Fsp3) is 0.500. The van der Waals surface area contributed by atoms with Crippen molar-refractivity contribution in [3.8, 4) is 5.75 Å². The van der Waals surface area contributed by atoms with Crippen LogP contribution in [-0.2, 0) is 4.74 Å². The van der Waals surface area contributed by atoms with Gasteiger partial charge in [-0.2, -0.15) is 0 Å². The van der Waals surface area contributed by atoms with Crippen molar-refractivity contribution in [2.24, 2.45) is 0 Å². The van der Waals surface area contributed by atoms with Gasteiger partial charge >= 0.3 is 0 Å². The van der Waals surface area contributed by atoms with Gasteiger partial charge in [0.1, 0.15) is 5.75 Å². The van der Waals surface area contributed by atoms with E-state index in [1.54, 1.807) is 12.1 Å². The molecule has 1 rings (SSSR count). The van der Waals surface area contributed by atoms with Gasteiger partial charge < -0.3 is 15.2 Å². The molecular formula is C14H21NO3. The number of nitrogens with one attached hydrogen (secondary N) is 1. The van der Waals surface area contributed by atoms with Crippen LogP contribution < -0.4 is 5.32 Å². The number of ether oxygens (including phenoxy) is 1. The molecule has 1 aromatic rings. The number of hydrogen-bond donors (Lipinski definition) is 2. The fourth-order valence-electron chi connectivity index (χ4n) is 1.66. The van der Waals surface area contributed by atoms with Crippen LogP contribution in [0.3, 0.4) is 0 Å². The number of phenols is 1. The highest BCUT2D eigenvalue weighted by Crippen LogP contribution is 2.18. The first-order chi connectivity index (χ1) is 8.35. The lowest BCUT2D eigenvalue weighted by Gasteiger charge is -2.25. The highest BCUT2D eigenvalue weighted by molar-refractivity contribution is 5.97. The second-order valence-electron chi connectivity index (χ2n) is 4.90. The van der Waals surface area contributed by atoms with Gasteiger partial charge in [0.25, 0.3) is 5.91 Å². The number of benzene rings is 1. The molecule has 0 aromatic heterocycles. The van der Waals surface area contributed by atoms with Crippen molar-refractivity contribution >= 4 is 5.91 Å². The maximum Gasteiger partial charge on any atom is 0.255 e. The number of carbonyl (C=O) groups excluding carboxylic acids is 1. The molecule has 18 heavy (non-hydrogen) atoms. The van der Waals surface area contributed by atoms with Crippen LogP contribution in [0.25, 0.3) is 0 Å². The molecule has 0 aliphatic carbocycles.